The fraction of sp³-hybridized carbons (Fsp3) is 0. The summed E-state index contributed by atoms with van der Waals surface area (Å²) in [6.07, 6.45) is 0. The molecule has 47 heavy (non-hydrogen) atoms. The van der Waals surface area contributed by atoms with Gasteiger partial charge in [0.15, 0.2) is 11.5 Å². The van der Waals surface area contributed by atoms with Gasteiger partial charge >= 0.3 is 0 Å². The molecule has 1 aliphatic heterocycles. The molecule has 0 saturated carbocycles. The van der Waals surface area contributed by atoms with Gasteiger partial charge in [-0.25, -0.2) is 4.98 Å². The van der Waals surface area contributed by atoms with Gasteiger partial charge in [-0.3, -0.25) is 0 Å². The summed E-state index contributed by atoms with van der Waals surface area (Å²) in [4.78, 5) is 7.51. The molecule has 0 bridgehead atoms. The van der Waals surface area contributed by atoms with E-state index in [9.17, 15) is 0 Å². The first-order valence-electron chi connectivity index (χ1n) is 15.8. The van der Waals surface area contributed by atoms with Crippen molar-refractivity contribution in [2.75, 3.05) is 4.90 Å². The van der Waals surface area contributed by atoms with Crippen molar-refractivity contribution in [3.63, 3.8) is 0 Å². The number of aromatic nitrogens is 1. The monoisotopic (exact) mass is 602 g/mol. The van der Waals surface area contributed by atoms with Crippen LogP contribution in [0.1, 0.15) is 0 Å². The van der Waals surface area contributed by atoms with Gasteiger partial charge in [-0.05, 0) is 60.2 Å². The molecule has 7 aromatic carbocycles. The van der Waals surface area contributed by atoms with Gasteiger partial charge in [0.25, 0.3) is 0 Å². The van der Waals surface area contributed by atoms with Crippen LogP contribution in [0.15, 0.2) is 162 Å². The highest BCUT2D eigenvalue weighted by Crippen LogP contribution is 2.51. The first-order chi connectivity index (χ1) is 23.3. The zero-order valence-electron chi connectivity index (χ0n) is 25.2. The van der Waals surface area contributed by atoms with Crippen LogP contribution in [0, 0.1) is 0 Å². The molecule has 0 radical (unpaired) electrons. The van der Waals surface area contributed by atoms with E-state index in [1.807, 2.05) is 48.5 Å². The third-order valence-electron chi connectivity index (χ3n) is 9.22. The molecular weight excluding hydrogens is 576 g/mol. The highest BCUT2D eigenvalue weighted by Gasteiger charge is 2.26. The van der Waals surface area contributed by atoms with Crippen molar-refractivity contribution in [3.8, 4) is 33.9 Å². The van der Waals surface area contributed by atoms with Crippen molar-refractivity contribution < 1.29 is 9.15 Å². The van der Waals surface area contributed by atoms with Gasteiger partial charge in [-0.1, -0.05) is 103 Å². The standard InChI is InChI=1S/C43H26N2O2/c1-2-12-28(13-3-1)42-33-26-32(43-41(31-15-5-9-19-37(31)47-43)40(33)30-14-4-6-16-34(30)44-42)27-22-24-29(25-23-27)45-35-17-7-10-20-38(35)46-39-21-11-8-18-36(39)45/h1-26H. The number of fused-ring (bicyclic) bond motifs is 9. The summed E-state index contributed by atoms with van der Waals surface area (Å²) < 4.78 is 13.0. The quantitative estimate of drug-likeness (QED) is 0.189. The molecule has 0 fully saturated rings. The fourth-order valence-corrected chi connectivity index (χ4v) is 7.13. The lowest BCUT2D eigenvalue weighted by molar-refractivity contribution is 0.477. The van der Waals surface area contributed by atoms with Crippen molar-refractivity contribution in [2.24, 2.45) is 0 Å². The minimum absolute atomic E-state index is 0.835. The Morgan fingerprint density at radius 2 is 1.13 bits per heavy atom. The predicted molar refractivity (Wildman–Crippen MR) is 192 cm³/mol. The molecule has 0 atom stereocenters. The van der Waals surface area contributed by atoms with Gasteiger partial charge in [0.2, 0.25) is 0 Å². The second kappa shape index (κ2) is 10.1. The van der Waals surface area contributed by atoms with Crippen LogP contribution in [0.5, 0.6) is 11.5 Å². The smallest absolute Gasteiger partial charge is 0.151 e. The van der Waals surface area contributed by atoms with E-state index in [2.05, 4.69) is 114 Å². The Hall–Kier alpha value is -6.39. The van der Waals surface area contributed by atoms with Crippen molar-refractivity contribution >= 4 is 60.7 Å². The largest absolute Gasteiger partial charge is 0.455 e. The summed E-state index contributed by atoms with van der Waals surface area (Å²) in [6, 6.07) is 54.6. The van der Waals surface area contributed by atoms with Crippen LogP contribution in [-0.2, 0) is 0 Å². The van der Waals surface area contributed by atoms with E-state index in [1.54, 1.807) is 0 Å². The summed E-state index contributed by atoms with van der Waals surface area (Å²) in [7, 11) is 0. The van der Waals surface area contributed by atoms with Crippen molar-refractivity contribution in [1.82, 2.24) is 4.98 Å². The Kier molecular flexibility index (Phi) is 5.54. The average molecular weight is 603 g/mol. The zero-order valence-corrected chi connectivity index (χ0v) is 25.2. The Morgan fingerprint density at radius 1 is 0.489 bits per heavy atom. The Bertz CT molecular complexity index is 2610. The van der Waals surface area contributed by atoms with Gasteiger partial charge < -0.3 is 14.1 Å². The molecule has 0 N–H and O–H groups in total. The third kappa shape index (κ3) is 3.92. The number of hydrogen-bond donors (Lipinski definition) is 0. The van der Waals surface area contributed by atoms with Gasteiger partial charge in [0.05, 0.1) is 22.6 Å². The molecule has 10 rings (SSSR count). The van der Waals surface area contributed by atoms with Crippen molar-refractivity contribution in [2.45, 2.75) is 0 Å². The molecule has 0 unspecified atom stereocenters. The first kappa shape index (κ1) is 25.9. The van der Waals surface area contributed by atoms with E-state index < -0.39 is 0 Å². The fourth-order valence-electron chi connectivity index (χ4n) is 7.13. The molecule has 4 heteroatoms. The third-order valence-corrected chi connectivity index (χ3v) is 9.22. The van der Waals surface area contributed by atoms with Crippen LogP contribution in [0.2, 0.25) is 0 Å². The molecule has 3 heterocycles. The van der Waals surface area contributed by atoms with E-state index in [0.717, 1.165) is 94.6 Å². The Balaban J connectivity index is 1.24. The second-order valence-corrected chi connectivity index (χ2v) is 11.9. The normalized spacial score (nSPS) is 12.4. The minimum atomic E-state index is 0.835. The van der Waals surface area contributed by atoms with E-state index in [-0.39, 0.29) is 0 Å². The van der Waals surface area contributed by atoms with Crippen LogP contribution >= 0.6 is 0 Å². The van der Waals surface area contributed by atoms with E-state index in [4.69, 9.17) is 14.1 Å². The number of benzene rings is 7. The van der Waals surface area contributed by atoms with Gasteiger partial charge in [0.1, 0.15) is 11.2 Å². The molecule has 220 valence electrons. The Morgan fingerprint density at radius 3 is 1.89 bits per heavy atom. The number of ether oxygens (including phenoxy) is 1. The Labute approximate surface area is 270 Å². The maximum atomic E-state index is 6.73. The summed E-state index contributed by atoms with van der Waals surface area (Å²) in [6.45, 7) is 0. The van der Waals surface area contributed by atoms with E-state index in [1.165, 1.54) is 0 Å². The lowest BCUT2D eigenvalue weighted by Gasteiger charge is -2.32. The number of nitrogens with zero attached hydrogens (tertiary/aromatic N) is 2. The minimum Gasteiger partial charge on any atom is -0.455 e. The van der Waals surface area contributed by atoms with Crippen molar-refractivity contribution in [3.05, 3.63) is 158 Å². The number of rotatable bonds is 3. The van der Waals surface area contributed by atoms with Crippen LogP contribution in [0.4, 0.5) is 17.1 Å². The van der Waals surface area contributed by atoms with Gasteiger partial charge in [-0.15, -0.1) is 0 Å². The summed E-state index contributed by atoms with van der Waals surface area (Å²) in [5.74, 6) is 1.67. The topological polar surface area (TPSA) is 38.5 Å². The molecule has 9 aromatic rings. The van der Waals surface area contributed by atoms with Crippen LogP contribution in [0.3, 0.4) is 0 Å². The summed E-state index contributed by atoms with van der Waals surface area (Å²) >= 11 is 0. The molecule has 0 spiro atoms. The number of furan rings is 1. The molecule has 2 aromatic heterocycles. The van der Waals surface area contributed by atoms with Crippen LogP contribution in [0.25, 0.3) is 66.0 Å². The van der Waals surface area contributed by atoms with Crippen molar-refractivity contribution in [1.29, 1.82) is 0 Å². The first-order valence-corrected chi connectivity index (χ1v) is 15.8. The average Bonchev–Trinajstić information content (AvgIpc) is 3.53. The molecule has 4 nitrogen and oxygen atoms in total. The second-order valence-electron chi connectivity index (χ2n) is 11.9. The highest BCUT2D eigenvalue weighted by atomic mass is 16.5. The maximum Gasteiger partial charge on any atom is 0.151 e. The van der Waals surface area contributed by atoms with E-state index >= 15 is 0 Å². The molecular formula is C43H26N2O2. The van der Waals surface area contributed by atoms with Crippen LogP contribution in [-0.4, -0.2) is 4.98 Å². The van der Waals surface area contributed by atoms with Gasteiger partial charge in [-0.2, -0.15) is 0 Å². The summed E-state index contributed by atoms with van der Waals surface area (Å²) in [5.41, 5.74) is 9.94. The number of pyridine rings is 1. The van der Waals surface area contributed by atoms with E-state index in [0.29, 0.717) is 0 Å². The molecule has 0 aliphatic carbocycles. The summed E-state index contributed by atoms with van der Waals surface area (Å²) in [5, 5.41) is 5.59. The lowest BCUT2D eigenvalue weighted by Crippen LogP contribution is -2.15. The predicted octanol–water partition coefficient (Wildman–Crippen LogP) is 12.2. The molecule has 0 amide bonds. The number of hydrogen-bond acceptors (Lipinski definition) is 4. The zero-order chi connectivity index (χ0) is 30.9. The molecule has 0 saturated heterocycles. The van der Waals surface area contributed by atoms with Gasteiger partial charge in [0, 0.05) is 43.7 Å². The highest BCUT2D eigenvalue weighted by molar-refractivity contribution is 6.30. The molecule has 1 aliphatic rings. The number of anilines is 3. The SMILES string of the molecule is c1ccc(-c2nc3ccccc3c3c2cc(-c2ccc(N4c5ccccc5Oc5ccccc54)cc2)c2oc4ccccc4c23)cc1. The van der Waals surface area contributed by atoms with Crippen LogP contribution < -0.4 is 9.64 Å². The lowest BCUT2D eigenvalue weighted by atomic mass is 9.92. The number of para-hydroxylation sites is 6. The maximum absolute atomic E-state index is 6.73.